The Labute approximate surface area is 143 Å². The first-order chi connectivity index (χ1) is 11.1. The van der Waals surface area contributed by atoms with Crippen molar-refractivity contribution in [1.82, 2.24) is 0 Å². The van der Waals surface area contributed by atoms with Crippen LogP contribution in [0, 0.1) is 10.8 Å². The average molecular weight is 334 g/mol. The van der Waals surface area contributed by atoms with Gasteiger partial charge >= 0.3 is 0 Å². The van der Waals surface area contributed by atoms with E-state index in [4.69, 9.17) is 9.47 Å². The van der Waals surface area contributed by atoms with E-state index >= 15 is 0 Å². The highest BCUT2D eigenvalue weighted by atomic mass is 16.5. The molecule has 0 heterocycles. The predicted octanol–water partition coefficient (Wildman–Crippen LogP) is 3.13. The quantitative estimate of drug-likeness (QED) is 0.698. The number of hydrogen-bond acceptors (Lipinski definition) is 5. The summed E-state index contributed by atoms with van der Waals surface area (Å²) in [5.41, 5.74) is -0.307. The summed E-state index contributed by atoms with van der Waals surface area (Å²) in [6.07, 6.45) is 5.08. The third kappa shape index (κ3) is 5.32. The minimum atomic E-state index is -0.793. The van der Waals surface area contributed by atoms with E-state index in [0.29, 0.717) is 43.5 Å². The molecule has 0 aliphatic heterocycles. The number of carbonyl (C=O) groups excluding carboxylic acids is 3. The van der Waals surface area contributed by atoms with Crippen LogP contribution >= 0.6 is 0 Å². The Morgan fingerprint density at radius 3 is 1.96 bits per heavy atom. The first-order valence-corrected chi connectivity index (χ1v) is 8.30. The molecule has 0 saturated carbocycles. The molecular weight excluding hydrogens is 308 g/mol. The molecule has 0 fully saturated rings. The van der Waals surface area contributed by atoms with Crippen LogP contribution in [-0.4, -0.2) is 30.6 Å². The van der Waals surface area contributed by atoms with Crippen LogP contribution in [-0.2, 0) is 23.9 Å². The van der Waals surface area contributed by atoms with E-state index in [2.05, 4.69) is 0 Å². The summed E-state index contributed by atoms with van der Waals surface area (Å²) >= 11 is 0. The predicted molar refractivity (Wildman–Crippen MR) is 89.1 cm³/mol. The van der Waals surface area contributed by atoms with Crippen molar-refractivity contribution >= 4 is 17.9 Å². The standard InChI is InChI=1S/C19H26O5/c1-18(2)7-13(21)5-15(9-18)23-12-17(11-20)24-16-6-14(22)8-19(3,4)10-16/h5-6,11,17H,7-10,12H2,1-4H3/t17-/m1/s1. The molecule has 2 aliphatic carbocycles. The fourth-order valence-electron chi connectivity index (χ4n) is 3.23. The third-order valence-corrected chi connectivity index (χ3v) is 4.14. The largest absolute Gasteiger partial charge is 0.493 e. The van der Waals surface area contributed by atoms with Crippen LogP contribution < -0.4 is 0 Å². The number of ketones is 2. The van der Waals surface area contributed by atoms with Gasteiger partial charge in [0, 0.05) is 37.8 Å². The normalized spacial score (nSPS) is 23.8. The van der Waals surface area contributed by atoms with Crippen molar-refractivity contribution in [3.05, 3.63) is 23.7 Å². The lowest BCUT2D eigenvalue weighted by Crippen LogP contribution is -2.28. The van der Waals surface area contributed by atoms with E-state index in [9.17, 15) is 14.4 Å². The summed E-state index contributed by atoms with van der Waals surface area (Å²) in [6, 6.07) is 0. The maximum atomic E-state index is 11.7. The number of hydrogen-bond donors (Lipinski definition) is 0. The highest BCUT2D eigenvalue weighted by Gasteiger charge is 2.31. The van der Waals surface area contributed by atoms with Gasteiger partial charge in [0.1, 0.15) is 18.1 Å². The van der Waals surface area contributed by atoms with Gasteiger partial charge in [-0.25, -0.2) is 0 Å². The molecule has 0 aromatic rings. The summed E-state index contributed by atoms with van der Waals surface area (Å²) in [7, 11) is 0. The van der Waals surface area contributed by atoms with Crippen LogP contribution in [0.25, 0.3) is 0 Å². The van der Waals surface area contributed by atoms with Gasteiger partial charge in [-0.3, -0.25) is 14.4 Å². The lowest BCUT2D eigenvalue weighted by molar-refractivity contribution is -0.122. The highest BCUT2D eigenvalue weighted by Crippen LogP contribution is 2.35. The summed E-state index contributed by atoms with van der Waals surface area (Å²) in [5, 5.41) is 0. The Hall–Kier alpha value is -1.91. The van der Waals surface area contributed by atoms with Gasteiger partial charge in [0.05, 0.1) is 0 Å². The zero-order chi connectivity index (χ0) is 18.0. The lowest BCUT2D eigenvalue weighted by Gasteiger charge is -2.31. The van der Waals surface area contributed by atoms with Gasteiger partial charge in [0.2, 0.25) is 0 Å². The average Bonchev–Trinajstić information content (AvgIpc) is 2.38. The maximum Gasteiger partial charge on any atom is 0.187 e. The number of allylic oxidation sites excluding steroid dienone is 4. The van der Waals surface area contributed by atoms with Gasteiger partial charge in [-0.15, -0.1) is 0 Å². The third-order valence-electron chi connectivity index (χ3n) is 4.14. The first kappa shape index (κ1) is 18.4. The van der Waals surface area contributed by atoms with Crippen molar-refractivity contribution in [2.75, 3.05) is 6.61 Å². The molecule has 5 nitrogen and oxygen atoms in total. The zero-order valence-electron chi connectivity index (χ0n) is 14.9. The summed E-state index contributed by atoms with van der Waals surface area (Å²) in [4.78, 5) is 34.8. The number of carbonyl (C=O) groups is 3. The second-order valence-electron chi connectivity index (χ2n) is 8.29. The Bertz CT molecular complexity index is 595. The molecule has 0 bridgehead atoms. The van der Waals surface area contributed by atoms with Gasteiger partial charge in [0.15, 0.2) is 24.0 Å². The van der Waals surface area contributed by atoms with Crippen molar-refractivity contribution in [3.8, 4) is 0 Å². The van der Waals surface area contributed by atoms with Gasteiger partial charge in [-0.2, -0.15) is 0 Å². The zero-order valence-corrected chi connectivity index (χ0v) is 14.9. The van der Waals surface area contributed by atoms with Crippen molar-refractivity contribution in [1.29, 1.82) is 0 Å². The van der Waals surface area contributed by atoms with Gasteiger partial charge < -0.3 is 9.47 Å². The van der Waals surface area contributed by atoms with E-state index in [1.54, 1.807) is 0 Å². The lowest BCUT2D eigenvalue weighted by atomic mass is 9.79. The van der Waals surface area contributed by atoms with Crippen LogP contribution in [0.4, 0.5) is 0 Å². The molecular formula is C19H26O5. The summed E-state index contributed by atoms with van der Waals surface area (Å²) in [6.45, 7) is 8.04. The minimum Gasteiger partial charge on any atom is -0.493 e. The molecule has 2 rings (SSSR count). The number of rotatable bonds is 6. The van der Waals surface area contributed by atoms with Crippen molar-refractivity contribution in [3.63, 3.8) is 0 Å². The summed E-state index contributed by atoms with van der Waals surface area (Å²) in [5.74, 6) is 1.15. The second kappa shape index (κ2) is 6.91. The highest BCUT2D eigenvalue weighted by molar-refractivity contribution is 5.92. The van der Waals surface area contributed by atoms with E-state index in [-0.39, 0.29) is 29.0 Å². The Balaban J connectivity index is 1.95. The number of aldehydes is 1. The maximum absolute atomic E-state index is 11.7. The van der Waals surface area contributed by atoms with E-state index in [1.165, 1.54) is 12.2 Å². The van der Waals surface area contributed by atoms with E-state index in [0.717, 1.165) is 0 Å². The van der Waals surface area contributed by atoms with E-state index in [1.807, 2.05) is 27.7 Å². The Morgan fingerprint density at radius 1 is 0.958 bits per heavy atom. The molecule has 1 atom stereocenters. The molecule has 0 amide bonds. The number of ether oxygens (including phenoxy) is 2. The molecule has 0 saturated heterocycles. The molecule has 0 aromatic heterocycles. The summed E-state index contributed by atoms with van der Waals surface area (Å²) < 4.78 is 11.3. The second-order valence-corrected chi connectivity index (χ2v) is 8.29. The van der Waals surface area contributed by atoms with Crippen molar-refractivity contribution in [2.45, 2.75) is 59.5 Å². The Kier molecular flexibility index (Phi) is 5.31. The van der Waals surface area contributed by atoms with Gasteiger partial charge in [0.25, 0.3) is 0 Å². The van der Waals surface area contributed by atoms with Crippen molar-refractivity contribution < 1.29 is 23.9 Å². The fraction of sp³-hybridized carbons (Fsp3) is 0.632. The smallest absolute Gasteiger partial charge is 0.187 e. The molecule has 132 valence electrons. The van der Waals surface area contributed by atoms with Gasteiger partial charge in [-0.05, 0) is 10.8 Å². The fourth-order valence-corrected chi connectivity index (χ4v) is 3.23. The van der Waals surface area contributed by atoms with Crippen LogP contribution in [0.15, 0.2) is 23.7 Å². The molecule has 0 aromatic carbocycles. The van der Waals surface area contributed by atoms with Crippen LogP contribution in [0.2, 0.25) is 0 Å². The topological polar surface area (TPSA) is 69.7 Å². The van der Waals surface area contributed by atoms with Crippen LogP contribution in [0.3, 0.4) is 0 Å². The molecule has 0 unspecified atom stereocenters. The van der Waals surface area contributed by atoms with E-state index < -0.39 is 6.10 Å². The minimum absolute atomic E-state index is 0.00847. The molecule has 5 heteroatoms. The Morgan fingerprint density at radius 2 is 1.46 bits per heavy atom. The van der Waals surface area contributed by atoms with Crippen LogP contribution in [0.5, 0.6) is 0 Å². The molecule has 0 N–H and O–H groups in total. The molecule has 2 aliphatic rings. The van der Waals surface area contributed by atoms with Crippen molar-refractivity contribution in [2.24, 2.45) is 10.8 Å². The monoisotopic (exact) mass is 334 g/mol. The molecule has 24 heavy (non-hydrogen) atoms. The molecule has 0 spiro atoms. The molecule has 0 radical (unpaired) electrons. The SMILES string of the molecule is CC1(C)CC(=O)C=C(OC[C@@H](C=O)OC2=CC(=O)CC(C)(C)C2)C1. The first-order valence-electron chi connectivity index (χ1n) is 8.30. The van der Waals surface area contributed by atoms with Crippen LogP contribution in [0.1, 0.15) is 53.4 Å². The van der Waals surface area contributed by atoms with Gasteiger partial charge in [-0.1, -0.05) is 27.7 Å².